The lowest BCUT2D eigenvalue weighted by molar-refractivity contribution is 0.0839. The van der Waals surface area contributed by atoms with Gasteiger partial charge in [-0.2, -0.15) is 0 Å². The highest BCUT2D eigenvalue weighted by atomic mass is 19.1. The van der Waals surface area contributed by atoms with Crippen LogP contribution in [0.15, 0.2) is 65.2 Å². The molecule has 0 aliphatic heterocycles. The molecule has 0 saturated carbocycles. The second-order valence-electron chi connectivity index (χ2n) is 4.83. The summed E-state index contributed by atoms with van der Waals surface area (Å²) in [6.07, 6.45) is 0. The molecule has 0 atom stereocenters. The first-order chi connectivity index (χ1) is 11.6. The van der Waals surface area contributed by atoms with Crippen LogP contribution in [-0.4, -0.2) is 17.0 Å². The summed E-state index contributed by atoms with van der Waals surface area (Å²) in [5, 5.41) is 3.65. The Kier molecular flexibility index (Phi) is 4.33. The number of nitrogens with one attached hydrogen (secondary N) is 2. The largest absolute Gasteiger partial charge is 0.355 e. The van der Waals surface area contributed by atoms with Gasteiger partial charge in [0.2, 0.25) is 0 Å². The van der Waals surface area contributed by atoms with Gasteiger partial charge in [-0.3, -0.25) is 20.4 Å². The van der Waals surface area contributed by atoms with Crippen LogP contribution in [0.25, 0.3) is 11.3 Å². The zero-order valence-electron chi connectivity index (χ0n) is 12.3. The number of halogens is 1. The fraction of sp³-hybridized carbons (Fsp3) is 0. The molecule has 24 heavy (non-hydrogen) atoms. The Morgan fingerprint density at radius 3 is 2.33 bits per heavy atom. The maximum atomic E-state index is 13.5. The highest BCUT2D eigenvalue weighted by Gasteiger charge is 2.16. The molecule has 120 valence electrons. The first-order valence-corrected chi connectivity index (χ1v) is 7.02. The van der Waals surface area contributed by atoms with Crippen LogP contribution >= 0.6 is 0 Å². The van der Waals surface area contributed by atoms with Crippen LogP contribution in [0, 0.1) is 5.82 Å². The van der Waals surface area contributed by atoms with Crippen LogP contribution in [0.1, 0.15) is 20.8 Å². The summed E-state index contributed by atoms with van der Waals surface area (Å²) in [7, 11) is 0. The number of hydrogen-bond donors (Lipinski definition) is 2. The van der Waals surface area contributed by atoms with Crippen LogP contribution in [-0.2, 0) is 0 Å². The van der Waals surface area contributed by atoms with Gasteiger partial charge in [0, 0.05) is 11.6 Å². The maximum absolute atomic E-state index is 13.5. The number of hydrazine groups is 1. The number of rotatable bonds is 3. The average molecular weight is 325 g/mol. The summed E-state index contributed by atoms with van der Waals surface area (Å²) in [4.78, 5) is 23.8. The number of nitrogens with zero attached hydrogens (tertiary/aromatic N) is 1. The van der Waals surface area contributed by atoms with E-state index < -0.39 is 17.6 Å². The van der Waals surface area contributed by atoms with E-state index in [-0.39, 0.29) is 11.3 Å². The molecule has 0 saturated heterocycles. The van der Waals surface area contributed by atoms with Gasteiger partial charge < -0.3 is 4.52 Å². The first-order valence-electron chi connectivity index (χ1n) is 7.02. The molecule has 0 bridgehead atoms. The van der Waals surface area contributed by atoms with E-state index in [4.69, 9.17) is 4.52 Å². The van der Waals surface area contributed by atoms with Crippen LogP contribution in [0.5, 0.6) is 0 Å². The van der Waals surface area contributed by atoms with Crippen molar-refractivity contribution in [2.75, 3.05) is 0 Å². The van der Waals surface area contributed by atoms with Gasteiger partial charge in [0.1, 0.15) is 5.82 Å². The highest BCUT2D eigenvalue weighted by Crippen LogP contribution is 2.19. The van der Waals surface area contributed by atoms with E-state index in [1.807, 2.05) is 30.3 Å². The molecule has 6 nitrogen and oxygen atoms in total. The van der Waals surface area contributed by atoms with Gasteiger partial charge >= 0.3 is 0 Å². The fourth-order valence-electron chi connectivity index (χ4n) is 2.01. The standard InChI is InChI=1S/C17H12FN3O3/c18-13-9-5-4-8-12(13)16(22)19-20-17(23)14-10-15(24-21-14)11-6-2-1-3-7-11/h1-10H,(H,19,22)(H,20,23). The molecule has 3 rings (SSSR count). The summed E-state index contributed by atoms with van der Waals surface area (Å²) >= 11 is 0. The van der Waals surface area contributed by atoms with Crippen molar-refractivity contribution in [2.45, 2.75) is 0 Å². The molecule has 1 heterocycles. The lowest BCUT2D eigenvalue weighted by Gasteiger charge is -2.06. The zero-order valence-corrected chi connectivity index (χ0v) is 12.3. The van der Waals surface area contributed by atoms with Gasteiger partial charge in [0.25, 0.3) is 11.8 Å². The number of carbonyl (C=O) groups excluding carboxylic acids is 2. The third kappa shape index (κ3) is 3.30. The van der Waals surface area contributed by atoms with Crippen molar-refractivity contribution in [3.05, 3.63) is 77.7 Å². The van der Waals surface area contributed by atoms with Gasteiger partial charge in [-0.15, -0.1) is 0 Å². The number of aromatic nitrogens is 1. The zero-order chi connectivity index (χ0) is 16.9. The summed E-state index contributed by atoms with van der Waals surface area (Å²) in [5.74, 6) is -1.71. The fourth-order valence-corrected chi connectivity index (χ4v) is 2.01. The first kappa shape index (κ1) is 15.4. The third-order valence-corrected chi connectivity index (χ3v) is 3.21. The Bertz CT molecular complexity index is 878. The molecule has 0 fully saturated rings. The predicted molar refractivity (Wildman–Crippen MR) is 83.3 cm³/mol. The van der Waals surface area contributed by atoms with E-state index >= 15 is 0 Å². The summed E-state index contributed by atoms with van der Waals surface area (Å²) in [6, 6.07) is 16.0. The number of carbonyl (C=O) groups is 2. The van der Waals surface area contributed by atoms with Gasteiger partial charge in [-0.25, -0.2) is 4.39 Å². The average Bonchev–Trinajstić information content (AvgIpc) is 3.11. The molecule has 0 radical (unpaired) electrons. The summed E-state index contributed by atoms with van der Waals surface area (Å²) in [6.45, 7) is 0. The number of amides is 2. The molecule has 1 aromatic heterocycles. The van der Waals surface area contributed by atoms with E-state index in [1.165, 1.54) is 24.3 Å². The van der Waals surface area contributed by atoms with Gasteiger partial charge in [-0.1, -0.05) is 47.6 Å². The van der Waals surface area contributed by atoms with E-state index in [0.29, 0.717) is 5.76 Å². The molecule has 2 aromatic carbocycles. The minimum Gasteiger partial charge on any atom is -0.355 e. The van der Waals surface area contributed by atoms with Crippen LogP contribution < -0.4 is 10.9 Å². The molecule has 2 N–H and O–H groups in total. The summed E-state index contributed by atoms with van der Waals surface area (Å²) < 4.78 is 18.6. The van der Waals surface area contributed by atoms with Crippen molar-refractivity contribution < 1.29 is 18.5 Å². The highest BCUT2D eigenvalue weighted by molar-refractivity contribution is 5.98. The minimum atomic E-state index is -0.770. The van der Waals surface area contributed by atoms with Gasteiger partial charge in [0.15, 0.2) is 11.5 Å². The second-order valence-corrected chi connectivity index (χ2v) is 4.83. The Balaban J connectivity index is 1.65. The molecule has 0 aliphatic carbocycles. The van der Waals surface area contributed by atoms with Crippen molar-refractivity contribution >= 4 is 11.8 Å². The van der Waals surface area contributed by atoms with Gasteiger partial charge in [-0.05, 0) is 12.1 Å². The van der Waals surface area contributed by atoms with Crippen molar-refractivity contribution in [3.8, 4) is 11.3 Å². The molecule has 7 heteroatoms. The van der Waals surface area contributed by atoms with E-state index in [2.05, 4.69) is 16.0 Å². The number of benzene rings is 2. The van der Waals surface area contributed by atoms with E-state index in [0.717, 1.165) is 11.6 Å². The molecule has 0 spiro atoms. The predicted octanol–water partition coefficient (Wildman–Crippen LogP) is 2.56. The van der Waals surface area contributed by atoms with Crippen LogP contribution in [0.4, 0.5) is 4.39 Å². The molecule has 2 amide bonds. The maximum Gasteiger partial charge on any atom is 0.291 e. The monoisotopic (exact) mass is 325 g/mol. The van der Waals surface area contributed by atoms with E-state index in [1.54, 1.807) is 0 Å². The molecular weight excluding hydrogens is 313 g/mol. The second kappa shape index (κ2) is 6.74. The van der Waals surface area contributed by atoms with E-state index in [9.17, 15) is 14.0 Å². The quantitative estimate of drug-likeness (QED) is 0.725. The van der Waals surface area contributed by atoms with Crippen LogP contribution in [0.2, 0.25) is 0 Å². The Hall–Kier alpha value is -3.48. The minimum absolute atomic E-state index is 0.0114. The SMILES string of the molecule is O=C(NNC(=O)c1ccccc1F)c1cc(-c2ccccc2)on1. The Morgan fingerprint density at radius 1 is 0.917 bits per heavy atom. The topological polar surface area (TPSA) is 84.2 Å². The van der Waals surface area contributed by atoms with Crippen LogP contribution in [0.3, 0.4) is 0 Å². The van der Waals surface area contributed by atoms with Gasteiger partial charge in [0.05, 0.1) is 5.56 Å². The molecular formula is C17H12FN3O3. The van der Waals surface area contributed by atoms with Crippen molar-refractivity contribution in [1.29, 1.82) is 0 Å². The lowest BCUT2D eigenvalue weighted by atomic mass is 10.1. The smallest absolute Gasteiger partial charge is 0.291 e. The normalized spacial score (nSPS) is 10.2. The molecule has 0 aliphatic rings. The Labute approximate surface area is 136 Å². The lowest BCUT2D eigenvalue weighted by Crippen LogP contribution is -2.42. The number of hydrogen-bond acceptors (Lipinski definition) is 4. The third-order valence-electron chi connectivity index (χ3n) is 3.21. The van der Waals surface area contributed by atoms with Crippen molar-refractivity contribution in [3.63, 3.8) is 0 Å². The van der Waals surface area contributed by atoms with Crippen molar-refractivity contribution in [2.24, 2.45) is 0 Å². The summed E-state index contributed by atoms with van der Waals surface area (Å²) in [5.41, 5.74) is 4.86. The molecule has 3 aromatic rings. The Morgan fingerprint density at radius 2 is 1.58 bits per heavy atom. The molecule has 0 unspecified atom stereocenters. The van der Waals surface area contributed by atoms with Crippen molar-refractivity contribution in [1.82, 2.24) is 16.0 Å².